The number of nitrogens with one attached hydrogen (secondary N) is 1. The molecule has 3 aromatic rings. The zero-order valence-electron chi connectivity index (χ0n) is 14.9. The van der Waals surface area contributed by atoms with Gasteiger partial charge >= 0.3 is 5.97 Å². The molecule has 26 heavy (non-hydrogen) atoms. The lowest BCUT2D eigenvalue weighted by Crippen LogP contribution is -2.39. The highest BCUT2D eigenvalue weighted by molar-refractivity contribution is 5.76. The number of carbonyl (C=O) groups is 1. The van der Waals surface area contributed by atoms with Gasteiger partial charge in [0.15, 0.2) is 0 Å². The number of ether oxygens (including phenoxy) is 1. The molecule has 1 N–H and O–H groups in total. The van der Waals surface area contributed by atoms with Crippen LogP contribution >= 0.6 is 0 Å². The van der Waals surface area contributed by atoms with Crippen LogP contribution in [-0.2, 0) is 29.5 Å². The second kappa shape index (κ2) is 8.40. The molecule has 0 radical (unpaired) electrons. The van der Waals surface area contributed by atoms with Crippen molar-refractivity contribution in [2.24, 2.45) is 7.05 Å². The number of aryl methyl sites for hydroxylation is 1. The number of carbonyl (C=O) groups excluding carboxylic acids is 1. The van der Waals surface area contributed by atoms with Gasteiger partial charge in [-0.2, -0.15) is 5.10 Å². The summed E-state index contributed by atoms with van der Waals surface area (Å²) in [5.41, 5.74) is 3.93. The number of hydrogen-bond donors (Lipinski definition) is 1. The summed E-state index contributed by atoms with van der Waals surface area (Å²) in [7, 11) is 3.25. The zero-order valence-corrected chi connectivity index (χ0v) is 14.9. The van der Waals surface area contributed by atoms with E-state index in [1.54, 1.807) is 10.9 Å². The number of rotatable bonds is 7. The number of methoxy groups -OCH3 is 1. The normalized spacial score (nSPS) is 11.9. The summed E-state index contributed by atoms with van der Waals surface area (Å²) < 4.78 is 6.63. The predicted molar refractivity (Wildman–Crippen MR) is 99.2 cm³/mol. The molecule has 0 fully saturated rings. The first kappa shape index (κ1) is 17.8. The fraction of sp³-hybridized carbons (Fsp3) is 0.250. The van der Waals surface area contributed by atoms with Crippen LogP contribution in [0.5, 0.6) is 0 Å². The minimum Gasteiger partial charge on any atom is -0.468 e. The second-order valence-electron chi connectivity index (χ2n) is 6.05. The average Bonchev–Trinajstić information content (AvgIpc) is 3.10. The smallest absolute Gasteiger partial charge is 0.323 e. The molecule has 0 spiro atoms. The zero-order chi connectivity index (χ0) is 18.4. The molecule has 0 aliphatic carbocycles. The van der Waals surface area contributed by atoms with Crippen LogP contribution in [0.2, 0.25) is 0 Å². The van der Waals surface area contributed by atoms with Crippen LogP contribution in [0, 0.1) is 0 Å². The van der Waals surface area contributed by atoms with E-state index in [4.69, 9.17) is 4.74 Å². The molecule has 2 aromatic heterocycles. The topological polar surface area (TPSA) is 69.0 Å². The number of hydrogen-bond acceptors (Lipinski definition) is 5. The van der Waals surface area contributed by atoms with E-state index in [-0.39, 0.29) is 5.97 Å². The van der Waals surface area contributed by atoms with Crippen LogP contribution in [0.4, 0.5) is 0 Å². The van der Waals surface area contributed by atoms with Crippen molar-refractivity contribution < 1.29 is 9.53 Å². The Hall–Kier alpha value is -2.99. The Labute approximate surface area is 152 Å². The molecule has 0 saturated carbocycles. The van der Waals surface area contributed by atoms with Gasteiger partial charge in [-0.15, -0.1) is 0 Å². The van der Waals surface area contributed by atoms with Crippen molar-refractivity contribution >= 4 is 5.97 Å². The van der Waals surface area contributed by atoms with Crippen molar-refractivity contribution in [1.82, 2.24) is 20.1 Å². The van der Waals surface area contributed by atoms with Gasteiger partial charge in [-0.25, -0.2) is 0 Å². The van der Waals surface area contributed by atoms with Gasteiger partial charge in [-0.1, -0.05) is 30.3 Å². The van der Waals surface area contributed by atoms with E-state index in [1.165, 1.54) is 7.11 Å². The van der Waals surface area contributed by atoms with E-state index in [0.717, 1.165) is 22.5 Å². The molecule has 3 rings (SSSR count). The van der Waals surface area contributed by atoms with Crippen molar-refractivity contribution in [2.75, 3.05) is 7.11 Å². The molecule has 0 bridgehead atoms. The maximum absolute atomic E-state index is 12.1. The Bertz CT molecular complexity index is 844. The lowest BCUT2D eigenvalue weighted by molar-refractivity contribution is -0.143. The highest BCUT2D eigenvalue weighted by Gasteiger charge is 2.20. The third-order valence-electron chi connectivity index (χ3n) is 4.13. The average molecular weight is 350 g/mol. The maximum atomic E-state index is 12.1. The Kier molecular flexibility index (Phi) is 5.76. The Morgan fingerprint density at radius 3 is 2.62 bits per heavy atom. The summed E-state index contributed by atoms with van der Waals surface area (Å²) in [5.74, 6) is -0.291. The van der Waals surface area contributed by atoms with E-state index in [0.29, 0.717) is 13.0 Å². The van der Waals surface area contributed by atoms with Gasteiger partial charge in [-0.3, -0.25) is 19.8 Å². The molecule has 134 valence electrons. The van der Waals surface area contributed by atoms with Gasteiger partial charge in [-0.05, 0) is 23.8 Å². The largest absolute Gasteiger partial charge is 0.468 e. The van der Waals surface area contributed by atoms with Crippen LogP contribution in [0.1, 0.15) is 11.3 Å². The Balaban J connectivity index is 1.64. The van der Waals surface area contributed by atoms with Crippen LogP contribution in [-0.4, -0.2) is 33.9 Å². The SMILES string of the molecule is COC(=O)C(Cc1ccn(C)n1)NCc1ccc(-c2ccccn2)cc1. The standard InChI is InChI=1S/C20H22N4O2/c1-24-12-10-17(23-24)13-19(20(25)26-2)22-14-15-6-8-16(9-7-15)18-5-3-4-11-21-18/h3-12,19,22H,13-14H2,1-2H3. The van der Waals surface area contributed by atoms with Crippen LogP contribution in [0.15, 0.2) is 60.9 Å². The highest BCUT2D eigenvalue weighted by atomic mass is 16.5. The Morgan fingerprint density at radius 2 is 2.00 bits per heavy atom. The lowest BCUT2D eigenvalue weighted by atomic mass is 10.1. The van der Waals surface area contributed by atoms with Gasteiger partial charge in [0, 0.05) is 38.0 Å². The molecular weight excluding hydrogens is 328 g/mol. The van der Waals surface area contributed by atoms with Gasteiger partial charge < -0.3 is 4.74 Å². The van der Waals surface area contributed by atoms with E-state index < -0.39 is 6.04 Å². The van der Waals surface area contributed by atoms with E-state index >= 15 is 0 Å². The molecule has 6 heteroatoms. The maximum Gasteiger partial charge on any atom is 0.323 e. The first-order valence-corrected chi connectivity index (χ1v) is 8.46. The fourth-order valence-electron chi connectivity index (χ4n) is 2.73. The molecule has 0 aliphatic rings. The molecule has 6 nitrogen and oxygen atoms in total. The van der Waals surface area contributed by atoms with Crippen LogP contribution < -0.4 is 5.32 Å². The van der Waals surface area contributed by atoms with Gasteiger partial charge in [0.25, 0.3) is 0 Å². The quantitative estimate of drug-likeness (QED) is 0.663. The summed E-state index contributed by atoms with van der Waals surface area (Å²) in [5, 5.41) is 7.59. The molecule has 2 heterocycles. The van der Waals surface area contributed by atoms with Gasteiger partial charge in [0.05, 0.1) is 18.5 Å². The summed E-state index contributed by atoms with van der Waals surface area (Å²) in [6.45, 7) is 0.565. The summed E-state index contributed by atoms with van der Waals surface area (Å²) in [6.07, 6.45) is 4.13. The minimum atomic E-state index is -0.439. The summed E-state index contributed by atoms with van der Waals surface area (Å²) in [6, 6.07) is 15.4. The van der Waals surface area contributed by atoms with Crippen molar-refractivity contribution in [3.8, 4) is 11.3 Å². The van der Waals surface area contributed by atoms with Crippen molar-refractivity contribution in [1.29, 1.82) is 0 Å². The van der Waals surface area contributed by atoms with Crippen molar-refractivity contribution in [2.45, 2.75) is 19.0 Å². The number of benzene rings is 1. The van der Waals surface area contributed by atoms with Crippen LogP contribution in [0.3, 0.4) is 0 Å². The fourth-order valence-corrected chi connectivity index (χ4v) is 2.73. The molecule has 0 aliphatic heterocycles. The second-order valence-corrected chi connectivity index (χ2v) is 6.05. The minimum absolute atomic E-state index is 0.291. The number of pyridine rings is 1. The molecule has 1 unspecified atom stereocenters. The monoisotopic (exact) mass is 350 g/mol. The first-order chi connectivity index (χ1) is 12.7. The van der Waals surface area contributed by atoms with Crippen molar-refractivity contribution in [3.05, 3.63) is 72.2 Å². The highest BCUT2D eigenvalue weighted by Crippen LogP contribution is 2.17. The van der Waals surface area contributed by atoms with Crippen molar-refractivity contribution in [3.63, 3.8) is 0 Å². The van der Waals surface area contributed by atoms with Crippen LogP contribution in [0.25, 0.3) is 11.3 Å². The van der Waals surface area contributed by atoms with E-state index in [9.17, 15) is 4.79 Å². The molecule has 0 saturated heterocycles. The van der Waals surface area contributed by atoms with Gasteiger partial charge in [0.2, 0.25) is 0 Å². The van der Waals surface area contributed by atoms with E-state index in [1.807, 2.05) is 61.8 Å². The van der Waals surface area contributed by atoms with E-state index in [2.05, 4.69) is 15.4 Å². The molecular formula is C20H22N4O2. The van der Waals surface area contributed by atoms with Gasteiger partial charge in [0.1, 0.15) is 6.04 Å². The number of esters is 1. The number of nitrogens with zero attached hydrogens (tertiary/aromatic N) is 3. The Morgan fingerprint density at radius 1 is 1.19 bits per heavy atom. The molecule has 0 amide bonds. The molecule has 1 aromatic carbocycles. The summed E-state index contributed by atoms with van der Waals surface area (Å²) >= 11 is 0. The summed E-state index contributed by atoms with van der Waals surface area (Å²) in [4.78, 5) is 16.4. The first-order valence-electron chi connectivity index (χ1n) is 8.46. The molecule has 1 atom stereocenters. The predicted octanol–water partition coefficient (Wildman–Crippen LogP) is 2.36. The third kappa shape index (κ3) is 4.55. The number of aromatic nitrogens is 3. The lowest BCUT2D eigenvalue weighted by Gasteiger charge is -2.15. The third-order valence-corrected chi connectivity index (χ3v) is 4.13.